The van der Waals surface area contributed by atoms with Gasteiger partial charge in [-0.3, -0.25) is 14.2 Å². The van der Waals surface area contributed by atoms with Crippen molar-refractivity contribution < 1.29 is 58.9 Å². The van der Waals surface area contributed by atoms with Crippen molar-refractivity contribution >= 4 is 11.9 Å². The second-order valence-electron chi connectivity index (χ2n) is 10.5. The van der Waals surface area contributed by atoms with Gasteiger partial charge in [-0.2, -0.15) is 36.5 Å². The van der Waals surface area contributed by atoms with Crippen molar-refractivity contribution in [3.63, 3.8) is 0 Å². The van der Waals surface area contributed by atoms with Gasteiger partial charge in [-0.1, -0.05) is 24.3 Å². The molecule has 0 fully saturated rings. The Morgan fingerprint density at radius 2 is 1.18 bits per heavy atom. The zero-order valence-corrected chi connectivity index (χ0v) is 26.3. The maximum Gasteiger partial charge on any atom is 0.573 e. The Bertz CT molecular complexity index is 2020. The molecule has 0 saturated heterocycles. The highest BCUT2D eigenvalue weighted by Crippen LogP contribution is 2.32. The van der Waals surface area contributed by atoms with E-state index >= 15 is 0 Å². The molecule has 2 N–H and O–H groups in total. The number of nitrogens with zero attached hydrogens (tertiary/aromatic N) is 6. The van der Waals surface area contributed by atoms with Crippen LogP contribution in [0.25, 0.3) is 22.5 Å². The van der Waals surface area contributed by atoms with Crippen LogP contribution in [0.1, 0.15) is 50.9 Å². The van der Waals surface area contributed by atoms with Gasteiger partial charge in [0, 0.05) is 14.1 Å². The molecule has 20 heteroatoms. The molecule has 5 rings (SSSR count). The standard InChI is InChI=1S/C20H16F6N4O2.C11H8F3N3O2/c1-11(12-6-8-13(9-7-12)32-20(24,25)26)28-18(31)17-14(10-27-30(17)2)15-4-3-5-16(29-15)19(21,22)23;1-17-9(10(18)19)6(5-15-17)7-3-2-4-8(16-7)11(12,13)14/h3-11H,1-2H3,(H,28,31);2-5H,1H3,(H,18,19). The minimum absolute atomic E-state index is 0.0271. The summed E-state index contributed by atoms with van der Waals surface area (Å²) in [6.45, 7) is 1.59. The summed E-state index contributed by atoms with van der Waals surface area (Å²) in [6, 6.07) is 10.9. The Labute approximate surface area is 281 Å². The van der Waals surface area contributed by atoms with Gasteiger partial charge in [0.1, 0.15) is 22.8 Å². The molecule has 0 radical (unpaired) electrons. The number of carboxylic acids is 1. The Morgan fingerprint density at radius 1 is 0.725 bits per heavy atom. The van der Waals surface area contributed by atoms with E-state index in [1.165, 1.54) is 67.6 Å². The fourth-order valence-corrected chi connectivity index (χ4v) is 4.56. The summed E-state index contributed by atoms with van der Waals surface area (Å²) in [6.07, 6.45) is -11.7. The largest absolute Gasteiger partial charge is 0.573 e. The predicted molar refractivity (Wildman–Crippen MR) is 159 cm³/mol. The topological polar surface area (TPSA) is 137 Å². The zero-order valence-electron chi connectivity index (χ0n) is 26.3. The highest BCUT2D eigenvalue weighted by atomic mass is 19.4. The summed E-state index contributed by atoms with van der Waals surface area (Å²) in [7, 11) is 2.83. The number of carbonyl (C=O) groups is 2. The Kier molecular flexibility index (Phi) is 10.8. The number of benzene rings is 1. The van der Waals surface area contributed by atoms with Crippen LogP contribution in [0.2, 0.25) is 0 Å². The van der Waals surface area contributed by atoms with Crippen molar-refractivity contribution in [1.29, 1.82) is 0 Å². The molecule has 1 aromatic carbocycles. The number of ether oxygens (including phenoxy) is 1. The van der Waals surface area contributed by atoms with E-state index < -0.39 is 53.8 Å². The Morgan fingerprint density at radius 3 is 1.61 bits per heavy atom. The third-order valence-electron chi connectivity index (χ3n) is 6.89. The molecule has 0 saturated carbocycles. The van der Waals surface area contributed by atoms with Gasteiger partial charge in [-0.25, -0.2) is 14.8 Å². The average Bonchev–Trinajstić information content (AvgIpc) is 3.62. The van der Waals surface area contributed by atoms with Gasteiger partial charge in [0.2, 0.25) is 0 Å². The fraction of sp³-hybridized carbons (Fsp3) is 0.226. The van der Waals surface area contributed by atoms with E-state index in [0.29, 0.717) is 5.56 Å². The average molecular weight is 730 g/mol. The van der Waals surface area contributed by atoms with Crippen molar-refractivity contribution in [3.8, 4) is 28.3 Å². The molecular weight excluding hydrogens is 705 g/mol. The first-order chi connectivity index (χ1) is 23.7. The summed E-state index contributed by atoms with van der Waals surface area (Å²) >= 11 is 0. The molecule has 0 spiro atoms. The van der Waals surface area contributed by atoms with Gasteiger partial charge in [0.05, 0.1) is 41.0 Å². The van der Waals surface area contributed by atoms with Crippen LogP contribution in [0.15, 0.2) is 73.1 Å². The maximum atomic E-state index is 13.0. The SMILES string of the molecule is CC(NC(=O)c1c(-c2cccc(C(F)(F)F)n2)cnn1C)c1ccc(OC(F)(F)F)cc1.Cn1ncc(-c2cccc(C(F)(F)F)n2)c1C(=O)O. The van der Waals surface area contributed by atoms with E-state index in [-0.39, 0.29) is 33.9 Å². The van der Waals surface area contributed by atoms with Gasteiger partial charge in [-0.05, 0) is 48.9 Å². The number of pyridine rings is 2. The molecule has 11 nitrogen and oxygen atoms in total. The number of amides is 1. The number of alkyl halides is 9. The van der Waals surface area contributed by atoms with E-state index in [2.05, 4.69) is 30.2 Å². The number of aromatic carboxylic acids is 1. The van der Waals surface area contributed by atoms with Crippen molar-refractivity contribution in [2.45, 2.75) is 31.7 Å². The number of aromatic nitrogens is 6. The monoisotopic (exact) mass is 729 g/mol. The molecule has 1 unspecified atom stereocenters. The third kappa shape index (κ3) is 9.40. The number of nitrogens with one attached hydrogen (secondary N) is 1. The number of halogens is 9. The molecule has 4 aromatic heterocycles. The fourth-order valence-electron chi connectivity index (χ4n) is 4.56. The molecule has 0 aliphatic rings. The molecule has 0 bridgehead atoms. The van der Waals surface area contributed by atoms with E-state index in [0.717, 1.165) is 28.9 Å². The van der Waals surface area contributed by atoms with Gasteiger partial charge in [0.15, 0.2) is 5.69 Å². The second kappa shape index (κ2) is 14.5. The van der Waals surface area contributed by atoms with Crippen LogP contribution in [0.4, 0.5) is 39.5 Å². The van der Waals surface area contributed by atoms with Gasteiger partial charge in [0.25, 0.3) is 5.91 Å². The van der Waals surface area contributed by atoms with Crippen LogP contribution in [0, 0.1) is 0 Å². The summed E-state index contributed by atoms with van der Waals surface area (Å²) < 4.78 is 120. The molecule has 1 atom stereocenters. The molecular formula is C31H24F9N7O4. The molecule has 51 heavy (non-hydrogen) atoms. The number of hydrogen-bond acceptors (Lipinski definition) is 7. The van der Waals surface area contributed by atoms with E-state index in [1.807, 2.05) is 0 Å². The van der Waals surface area contributed by atoms with Gasteiger partial charge in [-0.15, -0.1) is 13.2 Å². The quantitative estimate of drug-likeness (QED) is 0.170. The van der Waals surface area contributed by atoms with Crippen LogP contribution in [0.5, 0.6) is 5.75 Å². The highest BCUT2D eigenvalue weighted by Gasteiger charge is 2.34. The van der Waals surface area contributed by atoms with Crippen LogP contribution in [-0.4, -0.2) is 52.9 Å². The lowest BCUT2D eigenvalue weighted by molar-refractivity contribution is -0.274. The first-order valence-corrected chi connectivity index (χ1v) is 14.2. The third-order valence-corrected chi connectivity index (χ3v) is 6.89. The van der Waals surface area contributed by atoms with E-state index in [4.69, 9.17) is 5.11 Å². The molecule has 1 amide bonds. The minimum Gasteiger partial charge on any atom is -0.477 e. The maximum absolute atomic E-state index is 13.0. The number of hydrogen-bond donors (Lipinski definition) is 2. The number of carbonyl (C=O) groups excluding carboxylic acids is 1. The van der Waals surface area contributed by atoms with Crippen LogP contribution in [0.3, 0.4) is 0 Å². The Balaban J connectivity index is 0.000000261. The van der Waals surface area contributed by atoms with Crippen LogP contribution < -0.4 is 10.1 Å². The molecule has 0 aliphatic heterocycles. The zero-order chi connectivity index (χ0) is 37.9. The highest BCUT2D eigenvalue weighted by molar-refractivity contribution is 5.99. The van der Waals surface area contributed by atoms with E-state index in [1.54, 1.807) is 6.92 Å². The molecule has 0 aliphatic carbocycles. The number of rotatable bonds is 7. The second-order valence-corrected chi connectivity index (χ2v) is 10.5. The predicted octanol–water partition coefficient (Wildman–Crippen LogP) is 7.09. The van der Waals surface area contributed by atoms with Crippen molar-refractivity contribution in [1.82, 2.24) is 34.8 Å². The number of carboxylic acid groups (broad SMARTS) is 1. The van der Waals surface area contributed by atoms with Gasteiger partial charge >= 0.3 is 24.7 Å². The first-order valence-electron chi connectivity index (χ1n) is 14.2. The lowest BCUT2D eigenvalue weighted by Gasteiger charge is -2.16. The molecule has 270 valence electrons. The minimum atomic E-state index is -4.82. The van der Waals surface area contributed by atoms with Crippen molar-refractivity contribution in [2.24, 2.45) is 14.1 Å². The summed E-state index contributed by atoms with van der Waals surface area (Å²) in [5.74, 6) is -2.35. The summed E-state index contributed by atoms with van der Waals surface area (Å²) in [5, 5.41) is 19.3. The van der Waals surface area contributed by atoms with Crippen LogP contribution in [-0.2, 0) is 26.4 Å². The van der Waals surface area contributed by atoms with Crippen molar-refractivity contribution in [3.05, 3.63) is 101 Å². The lowest BCUT2D eigenvalue weighted by Crippen LogP contribution is -2.29. The summed E-state index contributed by atoms with van der Waals surface area (Å²) in [5.41, 5.74) is -1.98. The van der Waals surface area contributed by atoms with Gasteiger partial charge < -0.3 is 15.2 Å². The first kappa shape index (κ1) is 37.9. The lowest BCUT2D eigenvalue weighted by atomic mass is 10.1. The van der Waals surface area contributed by atoms with Crippen LogP contribution >= 0.6 is 0 Å². The molecule has 4 heterocycles. The van der Waals surface area contributed by atoms with E-state index in [9.17, 15) is 49.1 Å². The molecule has 5 aromatic rings. The smallest absolute Gasteiger partial charge is 0.477 e. The normalized spacial score (nSPS) is 12.5. The Hall–Kier alpha value is -5.95. The summed E-state index contributed by atoms with van der Waals surface area (Å²) in [4.78, 5) is 30.9. The van der Waals surface area contributed by atoms with Crippen molar-refractivity contribution in [2.75, 3.05) is 0 Å². The number of aryl methyl sites for hydroxylation is 2.